The van der Waals surface area contributed by atoms with Crippen molar-refractivity contribution in [3.05, 3.63) is 18.0 Å². The zero-order valence-corrected chi connectivity index (χ0v) is 13.7. The molecule has 7 heteroatoms. The number of hydrogen-bond acceptors (Lipinski definition) is 4. The fourth-order valence-electron chi connectivity index (χ4n) is 2.14. The average Bonchev–Trinajstić information content (AvgIpc) is 2.84. The van der Waals surface area contributed by atoms with Crippen molar-refractivity contribution in [3.8, 4) is 0 Å². The Hall–Kier alpha value is -0.330. The Bertz CT molecular complexity index is 343. The molecular weight excluding hydrogens is 299 g/mol. The zero-order chi connectivity index (χ0) is 12.6. The molecular formula is C13H26Cl2N4O. The summed E-state index contributed by atoms with van der Waals surface area (Å²) in [5.74, 6) is 0. The van der Waals surface area contributed by atoms with Crippen molar-refractivity contribution in [1.29, 1.82) is 0 Å². The van der Waals surface area contributed by atoms with Crippen LogP contribution < -0.4 is 5.32 Å². The summed E-state index contributed by atoms with van der Waals surface area (Å²) in [5, 5.41) is 7.79. The Kier molecular flexibility index (Phi) is 11.2. The first kappa shape index (κ1) is 19.7. The van der Waals surface area contributed by atoms with Crippen LogP contribution in [0.4, 0.5) is 0 Å². The van der Waals surface area contributed by atoms with E-state index in [2.05, 4.69) is 28.4 Å². The van der Waals surface area contributed by atoms with Gasteiger partial charge in [0.15, 0.2) is 0 Å². The lowest BCUT2D eigenvalue weighted by molar-refractivity contribution is 0.0384. The van der Waals surface area contributed by atoms with Gasteiger partial charge in [0, 0.05) is 51.0 Å². The second kappa shape index (κ2) is 11.3. The molecule has 0 saturated carbocycles. The number of aromatic nitrogens is 2. The number of rotatable bonds is 7. The van der Waals surface area contributed by atoms with Gasteiger partial charge in [-0.2, -0.15) is 5.10 Å². The molecule has 0 aromatic carbocycles. The molecule has 118 valence electrons. The van der Waals surface area contributed by atoms with E-state index in [1.165, 1.54) is 5.56 Å². The van der Waals surface area contributed by atoms with Gasteiger partial charge in [0.2, 0.25) is 0 Å². The van der Waals surface area contributed by atoms with E-state index in [-0.39, 0.29) is 24.8 Å². The third-order valence-electron chi connectivity index (χ3n) is 3.18. The van der Waals surface area contributed by atoms with Crippen molar-refractivity contribution < 1.29 is 4.74 Å². The van der Waals surface area contributed by atoms with E-state index in [4.69, 9.17) is 4.74 Å². The lowest BCUT2D eigenvalue weighted by Crippen LogP contribution is -2.40. The summed E-state index contributed by atoms with van der Waals surface area (Å²) in [6, 6.07) is 0. The number of hydrogen-bond donors (Lipinski definition) is 1. The third kappa shape index (κ3) is 6.90. The first-order chi connectivity index (χ1) is 8.88. The van der Waals surface area contributed by atoms with Crippen LogP contribution >= 0.6 is 24.8 Å². The zero-order valence-electron chi connectivity index (χ0n) is 12.1. The molecule has 0 atom stereocenters. The Morgan fingerprint density at radius 1 is 1.25 bits per heavy atom. The van der Waals surface area contributed by atoms with Gasteiger partial charge in [0.25, 0.3) is 0 Å². The maximum atomic E-state index is 5.33. The second-order valence-electron chi connectivity index (χ2n) is 4.74. The molecule has 1 aliphatic rings. The first-order valence-electron chi connectivity index (χ1n) is 6.90. The summed E-state index contributed by atoms with van der Waals surface area (Å²) in [4.78, 5) is 2.44. The van der Waals surface area contributed by atoms with E-state index in [0.717, 1.165) is 58.9 Å². The number of aryl methyl sites for hydroxylation is 1. The molecule has 1 aliphatic heterocycles. The molecule has 0 radical (unpaired) electrons. The fraction of sp³-hybridized carbons (Fsp3) is 0.769. The lowest BCUT2D eigenvalue weighted by Gasteiger charge is -2.26. The van der Waals surface area contributed by atoms with Gasteiger partial charge in [-0.15, -0.1) is 24.8 Å². The van der Waals surface area contributed by atoms with Crippen LogP contribution in [0.25, 0.3) is 0 Å². The van der Waals surface area contributed by atoms with Crippen molar-refractivity contribution in [3.63, 3.8) is 0 Å². The predicted molar refractivity (Wildman–Crippen MR) is 86.0 cm³/mol. The minimum Gasteiger partial charge on any atom is -0.379 e. The van der Waals surface area contributed by atoms with Gasteiger partial charge in [-0.25, -0.2) is 0 Å². The van der Waals surface area contributed by atoms with Crippen LogP contribution in [0.1, 0.15) is 18.9 Å². The molecule has 0 amide bonds. The maximum Gasteiger partial charge on any atom is 0.0594 e. The van der Waals surface area contributed by atoms with Crippen molar-refractivity contribution in [2.45, 2.75) is 26.4 Å². The highest BCUT2D eigenvalue weighted by molar-refractivity contribution is 5.85. The van der Waals surface area contributed by atoms with Gasteiger partial charge >= 0.3 is 0 Å². The number of halogens is 2. The largest absolute Gasteiger partial charge is 0.379 e. The highest BCUT2D eigenvalue weighted by atomic mass is 35.5. The molecule has 5 nitrogen and oxygen atoms in total. The number of ether oxygens (including phenoxy) is 1. The monoisotopic (exact) mass is 324 g/mol. The normalized spacial score (nSPS) is 15.4. The highest BCUT2D eigenvalue weighted by Gasteiger charge is 2.08. The van der Waals surface area contributed by atoms with Crippen LogP contribution in [-0.2, 0) is 17.8 Å². The van der Waals surface area contributed by atoms with Gasteiger partial charge in [0.1, 0.15) is 0 Å². The van der Waals surface area contributed by atoms with Crippen LogP contribution in [0.2, 0.25) is 0 Å². The second-order valence-corrected chi connectivity index (χ2v) is 4.74. The molecule has 2 heterocycles. The van der Waals surface area contributed by atoms with Crippen molar-refractivity contribution in [2.24, 2.45) is 0 Å². The van der Waals surface area contributed by atoms with E-state index in [1.54, 1.807) is 0 Å². The van der Waals surface area contributed by atoms with Gasteiger partial charge in [-0.1, -0.05) is 6.92 Å². The number of morpholine rings is 1. The van der Waals surface area contributed by atoms with E-state index in [1.807, 2.05) is 10.9 Å². The van der Waals surface area contributed by atoms with Crippen LogP contribution in [0.15, 0.2) is 12.4 Å². The quantitative estimate of drug-likeness (QED) is 0.773. The molecule has 1 aromatic heterocycles. The summed E-state index contributed by atoms with van der Waals surface area (Å²) in [6.07, 6.45) is 5.22. The Labute approximate surface area is 133 Å². The maximum absolute atomic E-state index is 5.33. The Morgan fingerprint density at radius 2 is 2.00 bits per heavy atom. The van der Waals surface area contributed by atoms with Crippen LogP contribution in [-0.4, -0.2) is 54.1 Å². The molecule has 1 saturated heterocycles. The van der Waals surface area contributed by atoms with Crippen LogP contribution in [0, 0.1) is 0 Å². The third-order valence-corrected chi connectivity index (χ3v) is 3.18. The van der Waals surface area contributed by atoms with Crippen LogP contribution in [0.3, 0.4) is 0 Å². The molecule has 1 aromatic rings. The molecule has 1 fully saturated rings. The average molecular weight is 325 g/mol. The Morgan fingerprint density at radius 3 is 2.70 bits per heavy atom. The molecule has 20 heavy (non-hydrogen) atoms. The standard InChI is InChI=1S/C13H24N4O.2ClH/c1-2-4-17-12-13(11-15-17)10-14-3-5-16-6-8-18-9-7-16;;/h11-12,14H,2-10H2,1H3;2*1H. The van der Waals surface area contributed by atoms with E-state index in [0.29, 0.717) is 0 Å². The highest BCUT2D eigenvalue weighted by Crippen LogP contribution is 1.99. The van der Waals surface area contributed by atoms with Crippen LogP contribution in [0.5, 0.6) is 0 Å². The van der Waals surface area contributed by atoms with Crippen molar-refractivity contribution >= 4 is 24.8 Å². The minimum atomic E-state index is 0. The van der Waals surface area contributed by atoms with E-state index < -0.39 is 0 Å². The minimum absolute atomic E-state index is 0. The SMILES string of the molecule is CCCn1cc(CNCCN2CCOCC2)cn1.Cl.Cl. The first-order valence-corrected chi connectivity index (χ1v) is 6.90. The summed E-state index contributed by atoms with van der Waals surface area (Å²) >= 11 is 0. The topological polar surface area (TPSA) is 42.3 Å². The summed E-state index contributed by atoms with van der Waals surface area (Å²) in [5.41, 5.74) is 1.27. The molecule has 2 rings (SSSR count). The Balaban J connectivity index is 0.00000180. The fourth-order valence-corrected chi connectivity index (χ4v) is 2.14. The smallest absolute Gasteiger partial charge is 0.0594 e. The van der Waals surface area contributed by atoms with Gasteiger partial charge < -0.3 is 10.1 Å². The summed E-state index contributed by atoms with van der Waals surface area (Å²) in [6.45, 7) is 10.1. The van der Waals surface area contributed by atoms with E-state index >= 15 is 0 Å². The van der Waals surface area contributed by atoms with Gasteiger partial charge in [0.05, 0.1) is 19.4 Å². The number of nitrogens with one attached hydrogen (secondary N) is 1. The van der Waals surface area contributed by atoms with E-state index in [9.17, 15) is 0 Å². The van der Waals surface area contributed by atoms with Gasteiger partial charge in [-0.05, 0) is 6.42 Å². The summed E-state index contributed by atoms with van der Waals surface area (Å²) < 4.78 is 7.34. The molecule has 1 N–H and O–H groups in total. The van der Waals surface area contributed by atoms with Crippen molar-refractivity contribution in [1.82, 2.24) is 20.0 Å². The van der Waals surface area contributed by atoms with Crippen molar-refractivity contribution in [2.75, 3.05) is 39.4 Å². The lowest BCUT2D eigenvalue weighted by atomic mass is 10.3. The molecule has 0 bridgehead atoms. The molecule has 0 unspecified atom stereocenters. The number of nitrogens with zero attached hydrogens (tertiary/aromatic N) is 3. The predicted octanol–water partition coefficient (Wildman–Crippen LogP) is 1.56. The molecule has 0 aliphatic carbocycles. The molecule has 0 spiro atoms. The summed E-state index contributed by atoms with van der Waals surface area (Å²) in [7, 11) is 0. The van der Waals surface area contributed by atoms with Gasteiger partial charge in [-0.3, -0.25) is 9.58 Å².